The average molecular weight is 364 g/mol. The van der Waals surface area contributed by atoms with Crippen LogP contribution in [-0.4, -0.2) is 44.5 Å². The van der Waals surface area contributed by atoms with Crippen LogP contribution in [0.25, 0.3) is 11.0 Å². The first kappa shape index (κ1) is 17.6. The summed E-state index contributed by atoms with van der Waals surface area (Å²) < 4.78 is 30.0. The third-order valence-electron chi connectivity index (χ3n) is 4.45. The fourth-order valence-electron chi connectivity index (χ4n) is 2.99. The van der Waals surface area contributed by atoms with E-state index in [2.05, 4.69) is 5.32 Å². The monoisotopic (exact) mass is 364 g/mol. The molecule has 1 fully saturated rings. The summed E-state index contributed by atoms with van der Waals surface area (Å²) in [7, 11) is -3.15. The van der Waals surface area contributed by atoms with Gasteiger partial charge in [0.05, 0.1) is 11.6 Å². The van der Waals surface area contributed by atoms with Gasteiger partial charge in [0.1, 0.15) is 5.58 Å². The molecule has 0 atom stereocenters. The number of sulfonamides is 1. The van der Waals surface area contributed by atoms with Crippen molar-refractivity contribution in [1.82, 2.24) is 9.62 Å². The molecule has 1 saturated heterocycles. The van der Waals surface area contributed by atoms with Gasteiger partial charge in [-0.2, -0.15) is 0 Å². The molecule has 1 aliphatic heterocycles. The summed E-state index contributed by atoms with van der Waals surface area (Å²) in [6.07, 6.45) is 2.58. The molecule has 8 heteroatoms. The molecule has 25 heavy (non-hydrogen) atoms. The van der Waals surface area contributed by atoms with Gasteiger partial charge < -0.3 is 9.73 Å². The zero-order valence-electron chi connectivity index (χ0n) is 13.9. The van der Waals surface area contributed by atoms with E-state index in [4.69, 9.17) is 4.42 Å². The lowest BCUT2D eigenvalue weighted by atomic mass is 9.98. The van der Waals surface area contributed by atoms with Gasteiger partial charge in [0, 0.05) is 25.7 Å². The molecular formula is C17H20N2O5S. The SMILES string of the molecule is CS(=O)(=O)N1CCC(CNC(=O)c2cc(=O)c3ccccc3o2)CC1. The van der Waals surface area contributed by atoms with E-state index in [1.165, 1.54) is 16.6 Å². The van der Waals surface area contributed by atoms with Crippen molar-refractivity contribution in [3.63, 3.8) is 0 Å². The van der Waals surface area contributed by atoms with E-state index in [0.717, 1.165) is 0 Å². The molecule has 0 aliphatic carbocycles. The Bertz CT molecular complexity index is 943. The fourth-order valence-corrected chi connectivity index (χ4v) is 3.86. The average Bonchev–Trinajstić information content (AvgIpc) is 2.59. The lowest BCUT2D eigenvalue weighted by Crippen LogP contribution is -2.41. The van der Waals surface area contributed by atoms with Gasteiger partial charge in [-0.3, -0.25) is 9.59 Å². The molecule has 1 amide bonds. The Morgan fingerprint density at radius 3 is 2.64 bits per heavy atom. The number of amides is 1. The van der Waals surface area contributed by atoms with Crippen LogP contribution in [0, 0.1) is 5.92 Å². The van der Waals surface area contributed by atoms with Crippen LogP contribution in [0.2, 0.25) is 0 Å². The number of benzene rings is 1. The van der Waals surface area contributed by atoms with Crippen molar-refractivity contribution in [2.24, 2.45) is 5.92 Å². The van der Waals surface area contributed by atoms with Crippen molar-refractivity contribution in [2.45, 2.75) is 12.8 Å². The van der Waals surface area contributed by atoms with Gasteiger partial charge in [-0.25, -0.2) is 12.7 Å². The van der Waals surface area contributed by atoms with Crippen LogP contribution in [0.1, 0.15) is 23.4 Å². The molecule has 0 unspecified atom stereocenters. The van der Waals surface area contributed by atoms with Crippen LogP contribution in [0.4, 0.5) is 0 Å². The highest BCUT2D eigenvalue weighted by atomic mass is 32.2. The lowest BCUT2D eigenvalue weighted by Gasteiger charge is -2.30. The van der Waals surface area contributed by atoms with Crippen LogP contribution in [0.3, 0.4) is 0 Å². The summed E-state index contributed by atoms with van der Waals surface area (Å²) >= 11 is 0. The minimum Gasteiger partial charge on any atom is -0.451 e. The van der Waals surface area contributed by atoms with E-state index in [9.17, 15) is 18.0 Å². The number of fused-ring (bicyclic) bond motifs is 1. The molecule has 0 radical (unpaired) electrons. The standard InChI is InChI=1S/C17H20N2O5S/c1-25(22,23)19-8-6-12(7-9-19)11-18-17(21)16-10-14(20)13-4-2-3-5-15(13)24-16/h2-5,10,12H,6-9,11H2,1H3,(H,18,21). The number of hydrogen-bond donors (Lipinski definition) is 1. The Morgan fingerprint density at radius 2 is 1.96 bits per heavy atom. The van der Waals surface area contributed by atoms with Gasteiger partial charge in [0.15, 0.2) is 11.2 Å². The molecule has 1 aromatic heterocycles. The highest BCUT2D eigenvalue weighted by molar-refractivity contribution is 7.88. The molecule has 134 valence electrons. The highest BCUT2D eigenvalue weighted by Crippen LogP contribution is 2.18. The van der Waals surface area contributed by atoms with Crippen molar-refractivity contribution in [1.29, 1.82) is 0 Å². The second kappa shape index (κ2) is 6.97. The zero-order chi connectivity index (χ0) is 18.0. The molecule has 1 aliphatic rings. The molecule has 0 spiro atoms. The number of piperidine rings is 1. The summed E-state index contributed by atoms with van der Waals surface area (Å²) in [6, 6.07) is 7.97. The van der Waals surface area contributed by atoms with Crippen molar-refractivity contribution in [3.8, 4) is 0 Å². The largest absolute Gasteiger partial charge is 0.451 e. The Hall–Kier alpha value is -2.19. The topological polar surface area (TPSA) is 96.7 Å². The number of carbonyl (C=O) groups is 1. The third kappa shape index (κ3) is 4.08. The molecule has 2 heterocycles. The Balaban J connectivity index is 1.61. The minimum atomic E-state index is -3.15. The first-order valence-electron chi connectivity index (χ1n) is 8.11. The van der Waals surface area contributed by atoms with Crippen LogP contribution < -0.4 is 10.7 Å². The van der Waals surface area contributed by atoms with E-state index in [1.54, 1.807) is 24.3 Å². The first-order chi connectivity index (χ1) is 11.8. The molecule has 1 aromatic carbocycles. The minimum absolute atomic E-state index is 0.0164. The van der Waals surface area contributed by atoms with Gasteiger partial charge in [-0.15, -0.1) is 0 Å². The number of hydrogen-bond acceptors (Lipinski definition) is 5. The predicted octanol–water partition coefficient (Wildman–Crippen LogP) is 1.19. The van der Waals surface area contributed by atoms with Crippen LogP contribution in [-0.2, 0) is 10.0 Å². The Labute approximate surface area is 145 Å². The van der Waals surface area contributed by atoms with E-state index >= 15 is 0 Å². The van der Waals surface area contributed by atoms with Gasteiger partial charge in [0.2, 0.25) is 10.0 Å². The second-order valence-corrected chi connectivity index (χ2v) is 8.27. The van der Waals surface area contributed by atoms with E-state index in [0.29, 0.717) is 43.4 Å². The van der Waals surface area contributed by atoms with Gasteiger partial charge >= 0.3 is 0 Å². The molecule has 0 bridgehead atoms. The third-order valence-corrected chi connectivity index (χ3v) is 5.76. The maximum atomic E-state index is 12.3. The molecule has 1 N–H and O–H groups in total. The summed E-state index contributed by atoms with van der Waals surface area (Å²) in [5, 5.41) is 3.21. The van der Waals surface area contributed by atoms with Gasteiger partial charge in [-0.05, 0) is 30.9 Å². The number of nitrogens with one attached hydrogen (secondary N) is 1. The molecule has 0 saturated carbocycles. The number of carbonyl (C=O) groups excluding carboxylic acids is 1. The summed E-state index contributed by atoms with van der Waals surface area (Å²) in [5.41, 5.74) is 0.120. The molecule has 3 rings (SSSR count). The van der Waals surface area contributed by atoms with E-state index in [-0.39, 0.29) is 17.1 Å². The quantitative estimate of drug-likeness (QED) is 0.879. The maximum Gasteiger partial charge on any atom is 0.287 e. The van der Waals surface area contributed by atoms with E-state index < -0.39 is 15.9 Å². The molecular weight excluding hydrogens is 344 g/mol. The van der Waals surface area contributed by atoms with Crippen molar-refractivity contribution in [3.05, 3.63) is 46.3 Å². The number of para-hydroxylation sites is 1. The van der Waals surface area contributed by atoms with Crippen molar-refractivity contribution < 1.29 is 17.6 Å². The Morgan fingerprint density at radius 1 is 1.28 bits per heavy atom. The normalized spacial score (nSPS) is 16.8. The highest BCUT2D eigenvalue weighted by Gasteiger charge is 2.25. The predicted molar refractivity (Wildman–Crippen MR) is 94.0 cm³/mol. The molecule has 7 nitrogen and oxygen atoms in total. The van der Waals surface area contributed by atoms with Crippen molar-refractivity contribution >= 4 is 26.9 Å². The summed E-state index contributed by atoms with van der Waals surface area (Å²) in [6.45, 7) is 1.35. The summed E-state index contributed by atoms with van der Waals surface area (Å²) in [5.74, 6) is -0.250. The van der Waals surface area contributed by atoms with Crippen molar-refractivity contribution in [2.75, 3.05) is 25.9 Å². The van der Waals surface area contributed by atoms with Crippen LogP contribution in [0.15, 0.2) is 39.5 Å². The van der Waals surface area contributed by atoms with Crippen LogP contribution in [0.5, 0.6) is 0 Å². The number of nitrogens with zero attached hydrogens (tertiary/aromatic N) is 1. The number of rotatable bonds is 4. The van der Waals surface area contributed by atoms with Crippen LogP contribution >= 0.6 is 0 Å². The lowest BCUT2D eigenvalue weighted by molar-refractivity contribution is 0.0914. The maximum absolute atomic E-state index is 12.3. The second-order valence-electron chi connectivity index (χ2n) is 6.29. The fraction of sp³-hybridized carbons (Fsp3) is 0.412. The summed E-state index contributed by atoms with van der Waals surface area (Å²) in [4.78, 5) is 24.3. The Kier molecular flexibility index (Phi) is 4.91. The van der Waals surface area contributed by atoms with Gasteiger partial charge in [-0.1, -0.05) is 12.1 Å². The van der Waals surface area contributed by atoms with E-state index in [1.807, 2.05) is 0 Å². The first-order valence-corrected chi connectivity index (χ1v) is 9.95. The smallest absolute Gasteiger partial charge is 0.287 e. The molecule has 2 aromatic rings. The van der Waals surface area contributed by atoms with Gasteiger partial charge in [0.25, 0.3) is 5.91 Å². The zero-order valence-corrected chi connectivity index (χ0v) is 14.7.